The highest BCUT2D eigenvalue weighted by Crippen LogP contribution is 2.11. The maximum absolute atomic E-state index is 11.8. The summed E-state index contributed by atoms with van der Waals surface area (Å²) in [7, 11) is 0. The predicted molar refractivity (Wildman–Crippen MR) is 78.6 cm³/mol. The van der Waals surface area contributed by atoms with Crippen LogP contribution in [0.1, 0.15) is 43.6 Å². The van der Waals surface area contributed by atoms with Crippen LogP contribution in [0.25, 0.3) is 0 Å². The highest BCUT2D eigenvalue weighted by atomic mass is 16.6. The van der Waals surface area contributed by atoms with Gasteiger partial charge in [-0.1, -0.05) is 24.3 Å². The molecule has 5 heteroatoms. The van der Waals surface area contributed by atoms with Gasteiger partial charge < -0.3 is 10.1 Å². The number of hydrogen-bond acceptors (Lipinski definition) is 4. The van der Waals surface area contributed by atoms with Crippen LogP contribution in [-0.4, -0.2) is 17.5 Å². The van der Waals surface area contributed by atoms with E-state index in [0.29, 0.717) is 12.1 Å². The van der Waals surface area contributed by atoms with Crippen LogP contribution in [0, 0.1) is 17.2 Å². The molecule has 0 radical (unpaired) electrons. The molecule has 0 saturated heterocycles. The van der Waals surface area contributed by atoms with Gasteiger partial charge in [-0.25, -0.2) is 4.79 Å². The van der Waals surface area contributed by atoms with E-state index in [2.05, 4.69) is 5.32 Å². The van der Waals surface area contributed by atoms with Crippen molar-refractivity contribution in [2.45, 2.75) is 39.8 Å². The summed E-state index contributed by atoms with van der Waals surface area (Å²) in [6, 6.07) is 8.72. The largest absolute Gasteiger partial charge is 0.444 e. The molecule has 112 valence electrons. The zero-order chi connectivity index (χ0) is 16.0. The third-order valence-corrected chi connectivity index (χ3v) is 2.66. The average Bonchev–Trinajstić information content (AvgIpc) is 2.42. The number of rotatable bonds is 4. The number of hydrogen-bond donors (Lipinski definition) is 1. The Bertz CT molecular complexity index is 550. The number of nitrogens with one attached hydrogen (secondary N) is 1. The van der Waals surface area contributed by atoms with Gasteiger partial charge >= 0.3 is 6.09 Å². The lowest BCUT2D eigenvalue weighted by atomic mass is 10.00. The van der Waals surface area contributed by atoms with E-state index >= 15 is 0 Å². The van der Waals surface area contributed by atoms with Gasteiger partial charge in [0.2, 0.25) is 0 Å². The number of carbonyl (C=O) groups excluding carboxylic acids is 2. The van der Waals surface area contributed by atoms with Crippen molar-refractivity contribution in [1.29, 1.82) is 5.26 Å². The fourth-order valence-electron chi connectivity index (χ4n) is 1.58. The van der Waals surface area contributed by atoms with Crippen molar-refractivity contribution < 1.29 is 14.3 Å². The zero-order valence-electron chi connectivity index (χ0n) is 12.8. The van der Waals surface area contributed by atoms with Crippen molar-refractivity contribution in [3.8, 4) is 6.07 Å². The third-order valence-electron chi connectivity index (χ3n) is 2.66. The monoisotopic (exact) mass is 288 g/mol. The summed E-state index contributed by atoms with van der Waals surface area (Å²) in [5, 5.41) is 11.4. The summed E-state index contributed by atoms with van der Waals surface area (Å²) in [5.74, 6) is -0.861. The number of nitrogens with zero attached hydrogens (tertiary/aromatic N) is 1. The second kappa shape index (κ2) is 6.89. The van der Waals surface area contributed by atoms with Gasteiger partial charge in [-0.05, 0) is 33.3 Å². The Hall–Kier alpha value is -2.35. The number of alkyl carbamates (subject to hydrolysis) is 1. The minimum atomic E-state index is -0.657. The maximum atomic E-state index is 11.8. The van der Waals surface area contributed by atoms with E-state index < -0.39 is 17.6 Å². The van der Waals surface area contributed by atoms with E-state index in [4.69, 9.17) is 10.00 Å². The first kappa shape index (κ1) is 16.7. The fourth-order valence-corrected chi connectivity index (χ4v) is 1.58. The molecule has 1 rings (SSSR count). The molecule has 1 unspecified atom stereocenters. The van der Waals surface area contributed by atoms with E-state index in [9.17, 15) is 9.59 Å². The number of amides is 1. The lowest BCUT2D eigenvalue weighted by Gasteiger charge is -2.19. The van der Waals surface area contributed by atoms with Gasteiger partial charge in [-0.2, -0.15) is 5.26 Å². The van der Waals surface area contributed by atoms with Gasteiger partial charge in [-0.15, -0.1) is 0 Å². The first-order valence-electron chi connectivity index (χ1n) is 6.72. The van der Waals surface area contributed by atoms with Crippen LogP contribution in [0.4, 0.5) is 4.79 Å². The molecule has 1 aromatic carbocycles. The highest BCUT2D eigenvalue weighted by molar-refractivity contribution is 5.99. The first-order valence-corrected chi connectivity index (χ1v) is 6.72. The zero-order valence-corrected chi connectivity index (χ0v) is 12.8. The van der Waals surface area contributed by atoms with E-state index in [0.717, 1.165) is 5.56 Å². The average molecular weight is 288 g/mol. The number of ketones is 1. The Balaban J connectivity index is 2.58. The van der Waals surface area contributed by atoms with Crippen LogP contribution in [-0.2, 0) is 11.3 Å². The van der Waals surface area contributed by atoms with Crippen LogP contribution < -0.4 is 5.32 Å². The lowest BCUT2D eigenvalue weighted by Crippen LogP contribution is -2.32. The molecule has 0 bridgehead atoms. The second-order valence-corrected chi connectivity index (χ2v) is 5.77. The Morgan fingerprint density at radius 3 is 2.33 bits per heavy atom. The van der Waals surface area contributed by atoms with Crippen LogP contribution in [0.5, 0.6) is 0 Å². The first-order chi connectivity index (χ1) is 9.73. The van der Waals surface area contributed by atoms with Crippen molar-refractivity contribution in [2.24, 2.45) is 5.92 Å². The molecular weight excluding hydrogens is 268 g/mol. The smallest absolute Gasteiger partial charge is 0.407 e. The fraction of sp³-hybridized carbons (Fsp3) is 0.438. The van der Waals surface area contributed by atoms with Gasteiger partial charge in [-0.3, -0.25) is 4.79 Å². The van der Waals surface area contributed by atoms with E-state index in [-0.39, 0.29) is 5.78 Å². The SMILES string of the molecule is CC(C#N)C(=O)c1ccc(CNC(=O)OC(C)(C)C)cc1. The van der Waals surface area contributed by atoms with Crippen LogP contribution >= 0.6 is 0 Å². The molecule has 0 aliphatic carbocycles. The van der Waals surface area contributed by atoms with E-state index in [1.54, 1.807) is 52.0 Å². The Morgan fingerprint density at radius 2 is 1.86 bits per heavy atom. The highest BCUT2D eigenvalue weighted by Gasteiger charge is 2.16. The minimum Gasteiger partial charge on any atom is -0.444 e. The predicted octanol–water partition coefficient (Wildman–Crippen LogP) is 3.05. The number of ether oxygens (including phenoxy) is 1. The van der Waals surface area contributed by atoms with Gasteiger partial charge in [0, 0.05) is 12.1 Å². The van der Waals surface area contributed by atoms with Crippen molar-refractivity contribution in [2.75, 3.05) is 0 Å². The molecule has 0 aliphatic heterocycles. The number of carbonyl (C=O) groups is 2. The minimum absolute atomic E-state index is 0.204. The normalized spacial score (nSPS) is 12.1. The number of nitriles is 1. The molecule has 1 aromatic rings. The molecule has 0 heterocycles. The molecule has 0 saturated carbocycles. The van der Waals surface area contributed by atoms with E-state index in [1.807, 2.05) is 6.07 Å². The summed E-state index contributed by atoms with van der Waals surface area (Å²) in [5.41, 5.74) is 0.806. The second-order valence-electron chi connectivity index (χ2n) is 5.77. The van der Waals surface area contributed by atoms with Crippen LogP contribution in [0.15, 0.2) is 24.3 Å². The molecule has 0 fully saturated rings. The topological polar surface area (TPSA) is 79.2 Å². The van der Waals surface area contributed by atoms with Gasteiger partial charge in [0.05, 0.1) is 6.07 Å². The van der Waals surface area contributed by atoms with Gasteiger partial charge in [0.25, 0.3) is 0 Å². The summed E-state index contributed by atoms with van der Waals surface area (Å²) in [4.78, 5) is 23.3. The number of benzene rings is 1. The Labute approximate surface area is 124 Å². The van der Waals surface area contributed by atoms with Crippen molar-refractivity contribution in [1.82, 2.24) is 5.32 Å². The molecular formula is C16H20N2O3. The van der Waals surface area contributed by atoms with Crippen LogP contribution in [0.2, 0.25) is 0 Å². The Morgan fingerprint density at radius 1 is 1.29 bits per heavy atom. The van der Waals surface area contributed by atoms with Crippen molar-refractivity contribution in [3.05, 3.63) is 35.4 Å². The summed E-state index contributed by atoms with van der Waals surface area (Å²) >= 11 is 0. The Kier molecular flexibility index (Phi) is 5.48. The molecule has 0 aliphatic rings. The lowest BCUT2D eigenvalue weighted by molar-refractivity contribution is 0.0523. The molecule has 1 N–H and O–H groups in total. The molecule has 0 spiro atoms. The standard InChI is InChI=1S/C16H20N2O3/c1-11(9-17)14(19)13-7-5-12(6-8-13)10-18-15(20)21-16(2,3)4/h5-8,11H,10H2,1-4H3,(H,18,20). The summed E-state index contributed by atoms with van der Waals surface area (Å²) < 4.78 is 5.13. The molecule has 1 amide bonds. The van der Waals surface area contributed by atoms with E-state index in [1.165, 1.54) is 0 Å². The van der Waals surface area contributed by atoms with Gasteiger partial charge in [0.1, 0.15) is 11.5 Å². The summed E-state index contributed by atoms with van der Waals surface area (Å²) in [6.07, 6.45) is -0.485. The third kappa shape index (κ3) is 5.65. The van der Waals surface area contributed by atoms with Gasteiger partial charge in [0.15, 0.2) is 5.78 Å². The summed E-state index contributed by atoms with van der Waals surface area (Å²) in [6.45, 7) is 7.27. The molecule has 5 nitrogen and oxygen atoms in total. The molecule has 0 aromatic heterocycles. The molecule has 21 heavy (non-hydrogen) atoms. The maximum Gasteiger partial charge on any atom is 0.407 e. The van der Waals surface area contributed by atoms with Crippen LogP contribution in [0.3, 0.4) is 0 Å². The van der Waals surface area contributed by atoms with Crippen molar-refractivity contribution in [3.63, 3.8) is 0 Å². The quantitative estimate of drug-likeness (QED) is 0.863. The number of Topliss-reactive ketones (excluding diaryl/α,β-unsaturated/α-hetero) is 1. The molecule has 1 atom stereocenters. The van der Waals surface area contributed by atoms with Crippen molar-refractivity contribution >= 4 is 11.9 Å².